The standard InChI is InChI=1S/C13H12FN3O2/c1-8-3-4-10(9(14)5-8)16-12-7-15-6-11(17-12)13(18)19-2/h3-7H,1-2H3,(H,16,17). The molecule has 0 saturated heterocycles. The minimum atomic E-state index is -0.597. The molecule has 0 radical (unpaired) electrons. The van der Waals surface area contributed by atoms with Gasteiger partial charge in [0, 0.05) is 0 Å². The van der Waals surface area contributed by atoms with E-state index in [4.69, 9.17) is 0 Å². The second-order valence-corrected chi connectivity index (χ2v) is 3.89. The topological polar surface area (TPSA) is 64.1 Å². The Morgan fingerprint density at radius 2 is 2.16 bits per heavy atom. The summed E-state index contributed by atoms with van der Waals surface area (Å²) in [6.45, 7) is 1.80. The molecule has 1 aromatic heterocycles. The van der Waals surface area contributed by atoms with Crippen LogP contribution in [0.4, 0.5) is 15.9 Å². The fourth-order valence-electron chi connectivity index (χ4n) is 1.49. The van der Waals surface area contributed by atoms with E-state index in [9.17, 15) is 9.18 Å². The third-order valence-electron chi connectivity index (χ3n) is 2.42. The molecule has 1 N–H and O–H groups in total. The molecule has 0 unspecified atom stereocenters. The average Bonchev–Trinajstić information content (AvgIpc) is 2.41. The lowest BCUT2D eigenvalue weighted by atomic mass is 10.2. The van der Waals surface area contributed by atoms with Crippen molar-refractivity contribution in [3.05, 3.63) is 47.7 Å². The number of esters is 1. The maximum atomic E-state index is 13.7. The van der Waals surface area contributed by atoms with Crippen LogP contribution in [-0.4, -0.2) is 23.0 Å². The molecular formula is C13H12FN3O2. The molecule has 2 rings (SSSR count). The quantitative estimate of drug-likeness (QED) is 0.860. The maximum absolute atomic E-state index is 13.7. The number of ether oxygens (including phenoxy) is 1. The van der Waals surface area contributed by atoms with E-state index in [-0.39, 0.29) is 17.2 Å². The van der Waals surface area contributed by atoms with Gasteiger partial charge in [0.15, 0.2) is 5.69 Å². The van der Waals surface area contributed by atoms with Gasteiger partial charge in [-0.25, -0.2) is 14.2 Å². The first kappa shape index (κ1) is 12.9. The van der Waals surface area contributed by atoms with Crippen LogP contribution in [0.25, 0.3) is 0 Å². The number of aryl methyl sites for hydroxylation is 1. The molecule has 0 atom stereocenters. The fraction of sp³-hybridized carbons (Fsp3) is 0.154. The Morgan fingerprint density at radius 1 is 1.37 bits per heavy atom. The second-order valence-electron chi connectivity index (χ2n) is 3.89. The van der Waals surface area contributed by atoms with Crippen LogP contribution in [0.2, 0.25) is 0 Å². The van der Waals surface area contributed by atoms with E-state index in [0.717, 1.165) is 5.56 Å². The van der Waals surface area contributed by atoms with Crippen molar-refractivity contribution in [3.8, 4) is 0 Å². The predicted octanol–water partition coefficient (Wildman–Crippen LogP) is 2.45. The number of anilines is 2. The number of rotatable bonds is 3. The molecule has 0 saturated carbocycles. The van der Waals surface area contributed by atoms with Crippen LogP contribution in [-0.2, 0) is 4.74 Å². The van der Waals surface area contributed by atoms with E-state index < -0.39 is 11.8 Å². The zero-order valence-corrected chi connectivity index (χ0v) is 10.5. The van der Waals surface area contributed by atoms with E-state index in [1.165, 1.54) is 25.6 Å². The van der Waals surface area contributed by atoms with Crippen molar-refractivity contribution in [3.63, 3.8) is 0 Å². The number of aromatic nitrogens is 2. The monoisotopic (exact) mass is 261 g/mol. The molecule has 5 nitrogen and oxygen atoms in total. The SMILES string of the molecule is COC(=O)c1cncc(Nc2ccc(C)cc2F)n1. The van der Waals surface area contributed by atoms with E-state index >= 15 is 0 Å². The minimum Gasteiger partial charge on any atom is -0.464 e. The van der Waals surface area contributed by atoms with E-state index in [1.807, 2.05) is 0 Å². The molecule has 0 bridgehead atoms. The Labute approximate surface area is 109 Å². The third kappa shape index (κ3) is 3.04. The van der Waals surface area contributed by atoms with Crippen LogP contribution in [0, 0.1) is 12.7 Å². The van der Waals surface area contributed by atoms with Crippen molar-refractivity contribution in [2.24, 2.45) is 0 Å². The zero-order chi connectivity index (χ0) is 13.8. The van der Waals surface area contributed by atoms with Gasteiger partial charge in [0.1, 0.15) is 11.6 Å². The van der Waals surface area contributed by atoms with Gasteiger partial charge >= 0.3 is 5.97 Å². The van der Waals surface area contributed by atoms with Gasteiger partial charge in [-0.1, -0.05) is 6.07 Å². The molecule has 1 heterocycles. The lowest BCUT2D eigenvalue weighted by Crippen LogP contribution is -2.07. The van der Waals surface area contributed by atoms with Crippen molar-refractivity contribution < 1.29 is 13.9 Å². The summed E-state index contributed by atoms with van der Waals surface area (Å²) in [6.07, 6.45) is 2.67. The number of hydrogen-bond donors (Lipinski definition) is 1. The molecule has 2 aromatic rings. The highest BCUT2D eigenvalue weighted by atomic mass is 19.1. The number of nitrogens with zero attached hydrogens (tertiary/aromatic N) is 2. The largest absolute Gasteiger partial charge is 0.464 e. The third-order valence-corrected chi connectivity index (χ3v) is 2.42. The van der Waals surface area contributed by atoms with Gasteiger partial charge < -0.3 is 10.1 Å². The fourth-order valence-corrected chi connectivity index (χ4v) is 1.49. The Bertz CT molecular complexity index is 617. The summed E-state index contributed by atoms with van der Waals surface area (Å²) in [5, 5.41) is 2.76. The summed E-state index contributed by atoms with van der Waals surface area (Å²) in [5.74, 6) is -0.726. The molecule has 19 heavy (non-hydrogen) atoms. The lowest BCUT2D eigenvalue weighted by Gasteiger charge is -2.07. The van der Waals surface area contributed by atoms with Crippen LogP contribution in [0.3, 0.4) is 0 Å². The van der Waals surface area contributed by atoms with Crippen molar-refractivity contribution in [1.29, 1.82) is 0 Å². The average molecular weight is 261 g/mol. The molecule has 1 aromatic carbocycles. The number of hydrogen-bond acceptors (Lipinski definition) is 5. The zero-order valence-electron chi connectivity index (χ0n) is 10.5. The van der Waals surface area contributed by atoms with Gasteiger partial charge in [0.05, 0.1) is 25.2 Å². The van der Waals surface area contributed by atoms with Crippen molar-refractivity contribution in [2.75, 3.05) is 12.4 Å². The number of nitrogens with one attached hydrogen (secondary N) is 1. The van der Waals surface area contributed by atoms with Crippen molar-refractivity contribution in [2.45, 2.75) is 6.92 Å². The molecule has 0 aliphatic carbocycles. The van der Waals surface area contributed by atoms with Gasteiger partial charge in [0.2, 0.25) is 0 Å². The van der Waals surface area contributed by atoms with Crippen LogP contribution in [0.15, 0.2) is 30.6 Å². The van der Waals surface area contributed by atoms with Crippen LogP contribution in [0.1, 0.15) is 16.1 Å². The number of carbonyl (C=O) groups is 1. The minimum absolute atomic E-state index is 0.0556. The lowest BCUT2D eigenvalue weighted by molar-refractivity contribution is 0.0593. The summed E-state index contributed by atoms with van der Waals surface area (Å²) in [7, 11) is 1.25. The molecule has 0 spiro atoms. The first-order chi connectivity index (χ1) is 9.10. The summed E-state index contributed by atoms with van der Waals surface area (Å²) < 4.78 is 18.2. The number of carbonyl (C=O) groups excluding carboxylic acids is 1. The second kappa shape index (κ2) is 5.43. The first-order valence-electron chi connectivity index (χ1n) is 5.53. The number of benzene rings is 1. The normalized spacial score (nSPS) is 10.1. The number of halogens is 1. The highest BCUT2D eigenvalue weighted by molar-refractivity contribution is 5.87. The van der Waals surface area contributed by atoms with Gasteiger partial charge in [-0.15, -0.1) is 0 Å². The Hall–Kier alpha value is -2.50. The Balaban J connectivity index is 2.26. The predicted molar refractivity (Wildman–Crippen MR) is 67.8 cm³/mol. The summed E-state index contributed by atoms with van der Waals surface area (Å²) in [5.41, 5.74) is 1.14. The van der Waals surface area contributed by atoms with Gasteiger partial charge in [0.25, 0.3) is 0 Å². The first-order valence-corrected chi connectivity index (χ1v) is 5.53. The van der Waals surface area contributed by atoms with Crippen LogP contribution < -0.4 is 5.32 Å². The molecule has 0 amide bonds. The van der Waals surface area contributed by atoms with Gasteiger partial charge in [-0.05, 0) is 24.6 Å². The van der Waals surface area contributed by atoms with E-state index in [0.29, 0.717) is 0 Å². The Kier molecular flexibility index (Phi) is 3.70. The molecule has 0 aliphatic rings. The van der Waals surface area contributed by atoms with Crippen LogP contribution in [0.5, 0.6) is 0 Å². The maximum Gasteiger partial charge on any atom is 0.358 e. The van der Waals surface area contributed by atoms with Gasteiger partial charge in [-0.3, -0.25) is 4.98 Å². The molecule has 6 heteroatoms. The molecule has 98 valence electrons. The summed E-state index contributed by atoms with van der Waals surface area (Å²) in [6, 6.07) is 4.76. The highest BCUT2D eigenvalue weighted by Gasteiger charge is 2.09. The molecule has 0 aliphatic heterocycles. The Morgan fingerprint density at radius 3 is 2.84 bits per heavy atom. The van der Waals surface area contributed by atoms with E-state index in [1.54, 1.807) is 19.1 Å². The van der Waals surface area contributed by atoms with Crippen molar-refractivity contribution >= 4 is 17.5 Å². The van der Waals surface area contributed by atoms with Crippen molar-refractivity contribution in [1.82, 2.24) is 9.97 Å². The summed E-state index contributed by atoms with van der Waals surface area (Å²) in [4.78, 5) is 19.1. The summed E-state index contributed by atoms with van der Waals surface area (Å²) >= 11 is 0. The highest BCUT2D eigenvalue weighted by Crippen LogP contribution is 2.19. The van der Waals surface area contributed by atoms with Crippen LogP contribution >= 0.6 is 0 Å². The number of methoxy groups -OCH3 is 1. The van der Waals surface area contributed by atoms with E-state index in [2.05, 4.69) is 20.0 Å². The van der Waals surface area contributed by atoms with Gasteiger partial charge in [-0.2, -0.15) is 0 Å². The smallest absolute Gasteiger partial charge is 0.358 e. The molecule has 0 fully saturated rings. The molecular weight excluding hydrogens is 249 g/mol.